The molecule has 0 spiro atoms. The number of hydrogen-bond donors (Lipinski definition) is 2. The molecule has 0 unspecified atom stereocenters. The van der Waals surface area contributed by atoms with Gasteiger partial charge < -0.3 is 11.1 Å². The Morgan fingerprint density at radius 2 is 2.42 bits per heavy atom. The van der Waals surface area contributed by atoms with Crippen molar-refractivity contribution < 1.29 is 0 Å². The molecule has 0 amide bonds. The summed E-state index contributed by atoms with van der Waals surface area (Å²) in [5.41, 5.74) is 6.61. The molecular weight excluding hydrogens is 152 g/mol. The molecule has 0 saturated carbocycles. The van der Waals surface area contributed by atoms with E-state index in [0.717, 1.165) is 5.69 Å². The highest BCUT2D eigenvalue weighted by atomic mass is 14.9. The first-order chi connectivity index (χ1) is 5.86. The lowest BCUT2D eigenvalue weighted by atomic mass is 10.3. The highest BCUT2D eigenvalue weighted by Gasteiger charge is 1.92. The van der Waals surface area contributed by atoms with E-state index in [2.05, 4.69) is 10.3 Å². The Hall–Kier alpha value is -1.60. The Kier molecular flexibility index (Phi) is 3.05. The maximum absolute atomic E-state index is 8.45. The molecule has 0 aliphatic heterocycles. The Morgan fingerprint density at radius 1 is 1.58 bits per heavy atom. The standard InChI is InChI=1S/C8H10N4/c9-3-4-11-8-2-1-7(5-10)12-6-8/h1-2,6,11H,3-4,9H2. The van der Waals surface area contributed by atoms with E-state index in [1.54, 1.807) is 18.3 Å². The molecule has 0 bridgehead atoms. The molecular formula is C8H10N4. The highest BCUT2D eigenvalue weighted by molar-refractivity contribution is 5.42. The van der Waals surface area contributed by atoms with Gasteiger partial charge in [-0.15, -0.1) is 0 Å². The fraction of sp³-hybridized carbons (Fsp3) is 0.250. The van der Waals surface area contributed by atoms with Crippen molar-refractivity contribution in [3.8, 4) is 6.07 Å². The van der Waals surface area contributed by atoms with Crippen LogP contribution in [-0.4, -0.2) is 18.1 Å². The molecule has 1 rings (SSSR count). The zero-order valence-corrected chi connectivity index (χ0v) is 6.62. The first kappa shape index (κ1) is 8.50. The Balaban J connectivity index is 2.60. The average Bonchev–Trinajstić information content (AvgIpc) is 2.15. The first-order valence-electron chi connectivity index (χ1n) is 3.67. The van der Waals surface area contributed by atoms with E-state index in [-0.39, 0.29) is 0 Å². The Labute approximate surface area is 71.0 Å². The predicted octanol–water partition coefficient (Wildman–Crippen LogP) is 0.324. The molecule has 3 N–H and O–H groups in total. The quantitative estimate of drug-likeness (QED) is 0.671. The summed E-state index contributed by atoms with van der Waals surface area (Å²) in [6.45, 7) is 1.30. The van der Waals surface area contributed by atoms with E-state index in [1.807, 2.05) is 6.07 Å². The van der Waals surface area contributed by atoms with Gasteiger partial charge in [0.25, 0.3) is 0 Å². The van der Waals surface area contributed by atoms with Crippen LogP contribution in [0.5, 0.6) is 0 Å². The topological polar surface area (TPSA) is 74.7 Å². The molecule has 12 heavy (non-hydrogen) atoms. The van der Waals surface area contributed by atoms with Crippen LogP contribution in [0, 0.1) is 11.3 Å². The molecule has 62 valence electrons. The number of nitrogens with zero attached hydrogens (tertiary/aromatic N) is 2. The van der Waals surface area contributed by atoms with Gasteiger partial charge in [-0.05, 0) is 12.1 Å². The number of anilines is 1. The van der Waals surface area contributed by atoms with Crippen LogP contribution < -0.4 is 11.1 Å². The van der Waals surface area contributed by atoms with Gasteiger partial charge in [-0.2, -0.15) is 5.26 Å². The number of hydrogen-bond acceptors (Lipinski definition) is 4. The molecule has 0 saturated heterocycles. The minimum absolute atomic E-state index is 0.424. The average molecular weight is 162 g/mol. The van der Waals surface area contributed by atoms with Crippen LogP contribution in [0.2, 0.25) is 0 Å². The maximum Gasteiger partial charge on any atom is 0.140 e. The maximum atomic E-state index is 8.45. The van der Waals surface area contributed by atoms with E-state index in [4.69, 9.17) is 11.0 Å². The molecule has 0 radical (unpaired) electrons. The molecule has 1 heterocycles. The first-order valence-corrected chi connectivity index (χ1v) is 3.67. The molecule has 0 atom stereocenters. The monoisotopic (exact) mass is 162 g/mol. The minimum Gasteiger partial charge on any atom is -0.383 e. The Bertz CT molecular complexity index is 272. The van der Waals surface area contributed by atoms with Crippen LogP contribution in [0.3, 0.4) is 0 Å². The van der Waals surface area contributed by atoms with Gasteiger partial charge in [0.05, 0.1) is 11.9 Å². The molecule has 4 heteroatoms. The van der Waals surface area contributed by atoms with Gasteiger partial charge in [0.2, 0.25) is 0 Å². The summed E-state index contributed by atoms with van der Waals surface area (Å²) in [5.74, 6) is 0. The van der Waals surface area contributed by atoms with E-state index < -0.39 is 0 Å². The third-order valence-electron chi connectivity index (χ3n) is 1.35. The normalized spacial score (nSPS) is 9.00. The zero-order chi connectivity index (χ0) is 8.81. The number of nitrogens with one attached hydrogen (secondary N) is 1. The van der Waals surface area contributed by atoms with Crippen LogP contribution in [0.1, 0.15) is 5.69 Å². The van der Waals surface area contributed by atoms with Gasteiger partial charge in [-0.3, -0.25) is 0 Å². The number of aromatic nitrogens is 1. The number of pyridine rings is 1. The van der Waals surface area contributed by atoms with Gasteiger partial charge in [-0.25, -0.2) is 4.98 Å². The summed E-state index contributed by atoms with van der Waals surface area (Å²) in [7, 11) is 0. The second kappa shape index (κ2) is 4.31. The van der Waals surface area contributed by atoms with Crippen LogP contribution in [-0.2, 0) is 0 Å². The SMILES string of the molecule is N#Cc1ccc(NCCN)cn1. The second-order valence-corrected chi connectivity index (χ2v) is 2.26. The van der Waals surface area contributed by atoms with Crippen molar-refractivity contribution in [1.29, 1.82) is 5.26 Å². The van der Waals surface area contributed by atoms with Crippen molar-refractivity contribution >= 4 is 5.69 Å². The highest BCUT2D eigenvalue weighted by Crippen LogP contribution is 2.03. The van der Waals surface area contributed by atoms with Gasteiger partial charge in [-0.1, -0.05) is 0 Å². The Morgan fingerprint density at radius 3 is 2.92 bits per heavy atom. The van der Waals surface area contributed by atoms with E-state index in [0.29, 0.717) is 18.8 Å². The van der Waals surface area contributed by atoms with Crippen molar-refractivity contribution in [1.82, 2.24) is 4.98 Å². The molecule has 1 aromatic rings. The predicted molar refractivity (Wildman–Crippen MR) is 46.5 cm³/mol. The molecule has 0 aromatic carbocycles. The van der Waals surface area contributed by atoms with Gasteiger partial charge in [0.15, 0.2) is 0 Å². The summed E-state index contributed by atoms with van der Waals surface area (Å²) >= 11 is 0. The zero-order valence-electron chi connectivity index (χ0n) is 6.62. The van der Waals surface area contributed by atoms with Crippen LogP contribution in [0.25, 0.3) is 0 Å². The van der Waals surface area contributed by atoms with Crippen LogP contribution in [0.4, 0.5) is 5.69 Å². The molecule has 1 aromatic heterocycles. The summed E-state index contributed by atoms with van der Waals surface area (Å²) in [4.78, 5) is 3.89. The van der Waals surface area contributed by atoms with Crippen LogP contribution in [0.15, 0.2) is 18.3 Å². The summed E-state index contributed by atoms with van der Waals surface area (Å²) in [5, 5.41) is 11.5. The van der Waals surface area contributed by atoms with Crippen molar-refractivity contribution in [3.05, 3.63) is 24.0 Å². The van der Waals surface area contributed by atoms with Crippen molar-refractivity contribution in [3.63, 3.8) is 0 Å². The fourth-order valence-electron chi connectivity index (χ4n) is 0.781. The largest absolute Gasteiger partial charge is 0.383 e. The lowest BCUT2D eigenvalue weighted by Crippen LogP contribution is -2.13. The molecule has 0 aliphatic carbocycles. The van der Waals surface area contributed by atoms with Gasteiger partial charge >= 0.3 is 0 Å². The van der Waals surface area contributed by atoms with Crippen molar-refractivity contribution in [2.75, 3.05) is 18.4 Å². The molecule has 0 fully saturated rings. The van der Waals surface area contributed by atoms with Gasteiger partial charge in [0, 0.05) is 13.1 Å². The fourth-order valence-corrected chi connectivity index (χ4v) is 0.781. The summed E-state index contributed by atoms with van der Waals surface area (Å²) < 4.78 is 0. The second-order valence-electron chi connectivity index (χ2n) is 2.26. The van der Waals surface area contributed by atoms with Crippen LogP contribution >= 0.6 is 0 Å². The third-order valence-corrected chi connectivity index (χ3v) is 1.35. The number of rotatable bonds is 3. The third kappa shape index (κ3) is 2.22. The van der Waals surface area contributed by atoms with E-state index >= 15 is 0 Å². The number of nitrogens with two attached hydrogens (primary N) is 1. The summed E-state index contributed by atoms with van der Waals surface area (Å²) in [6.07, 6.45) is 1.62. The summed E-state index contributed by atoms with van der Waals surface area (Å²) in [6, 6.07) is 5.42. The molecule has 0 aliphatic rings. The lowest BCUT2D eigenvalue weighted by Gasteiger charge is -2.02. The number of nitriles is 1. The smallest absolute Gasteiger partial charge is 0.140 e. The lowest BCUT2D eigenvalue weighted by molar-refractivity contribution is 1.02. The minimum atomic E-state index is 0.424. The van der Waals surface area contributed by atoms with Crippen molar-refractivity contribution in [2.45, 2.75) is 0 Å². The van der Waals surface area contributed by atoms with Crippen molar-refractivity contribution in [2.24, 2.45) is 5.73 Å². The van der Waals surface area contributed by atoms with E-state index in [9.17, 15) is 0 Å². The van der Waals surface area contributed by atoms with E-state index in [1.165, 1.54) is 0 Å². The molecule has 4 nitrogen and oxygen atoms in total. The van der Waals surface area contributed by atoms with Gasteiger partial charge in [0.1, 0.15) is 11.8 Å².